The Morgan fingerprint density at radius 3 is 2.67 bits per heavy atom. The molecule has 0 saturated carbocycles. The van der Waals surface area contributed by atoms with E-state index >= 15 is 0 Å². The van der Waals surface area contributed by atoms with E-state index in [4.69, 9.17) is 0 Å². The van der Waals surface area contributed by atoms with Crippen molar-refractivity contribution in [1.29, 1.82) is 0 Å². The van der Waals surface area contributed by atoms with E-state index in [2.05, 4.69) is 30.4 Å². The van der Waals surface area contributed by atoms with Gasteiger partial charge in [0, 0.05) is 29.4 Å². The summed E-state index contributed by atoms with van der Waals surface area (Å²) in [4.78, 5) is 15.4. The minimum atomic E-state index is -4.49. The zero-order valence-electron chi connectivity index (χ0n) is 15.6. The first-order valence-corrected chi connectivity index (χ1v) is 8.99. The number of anilines is 2. The zero-order chi connectivity index (χ0) is 20.9. The third kappa shape index (κ3) is 3.11. The normalized spacial score (nSPS) is 12.0. The van der Waals surface area contributed by atoms with Crippen molar-refractivity contribution in [3.05, 3.63) is 66.2 Å². The van der Waals surface area contributed by atoms with Crippen molar-refractivity contribution >= 4 is 28.2 Å². The van der Waals surface area contributed by atoms with E-state index in [0.29, 0.717) is 33.9 Å². The van der Waals surface area contributed by atoms with Crippen LogP contribution in [0.3, 0.4) is 0 Å². The Morgan fingerprint density at radius 2 is 1.87 bits per heavy atom. The molecular weight excluding hydrogens is 395 g/mol. The zero-order valence-corrected chi connectivity index (χ0v) is 15.6. The Bertz CT molecular complexity index is 1380. The number of halogens is 3. The number of aromatic amines is 1. The highest BCUT2D eigenvalue weighted by molar-refractivity contribution is 5.92. The molecule has 0 bridgehead atoms. The Labute approximate surface area is 167 Å². The monoisotopic (exact) mass is 409 g/mol. The second kappa shape index (κ2) is 6.55. The molecule has 2 N–H and O–H groups in total. The molecule has 0 aliphatic heterocycles. The molecule has 150 valence electrons. The summed E-state index contributed by atoms with van der Waals surface area (Å²) in [6.45, 7) is 1.89. The second-order valence-electron chi connectivity index (χ2n) is 6.72. The van der Waals surface area contributed by atoms with Crippen LogP contribution in [0, 0.1) is 6.92 Å². The number of hydrogen-bond acceptors (Lipinski definition) is 5. The van der Waals surface area contributed by atoms with Gasteiger partial charge in [-0.05, 0) is 31.2 Å². The first-order valence-electron chi connectivity index (χ1n) is 8.99. The first-order chi connectivity index (χ1) is 14.4. The maximum Gasteiger partial charge on any atom is 0.431 e. The van der Waals surface area contributed by atoms with Gasteiger partial charge in [0.2, 0.25) is 0 Å². The number of nitrogens with zero attached hydrogens (tertiary/aromatic N) is 5. The Hall–Kier alpha value is -3.95. The molecule has 0 unspecified atom stereocenters. The standard InChI is InChI=1S/C20H14F3N7/c1-11-3-2-4-14(26-11)15-10-18(30-17(28-15)6-8-25-30)27-13-5-7-24-19-12(13)9-16(29-19)20(21,22)23/h2-10H,1H3,(H2,24,27,29). The summed E-state index contributed by atoms with van der Waals surface area (Å²) in [5.41, 5.74) is 2.46. The average Bonchev–Trinajstić information content (AvgIpc) is 3.35. The summed E-state index contributed by atoms with van der Waals surface area (Å²) in [7, 11) is 0. The predicted octanol–water partition coefficient (Wildman–Crippen LogP) is 4.74. The topological polar surface area (TPSA) is 83.8 Å². The van der Waals surface area contributed by atoms with Gasteiger partial charge in [-0.3, -0.25) is 4.98 Å². The Kier molecular flexibility index (Phi) is 3.95. The lowest BCUT2D eigenvalue weighted by molar-refractivity contribution is -0.140. The minimum absolute atomic E-state index is 0.138. The quantitative estimate of drug-likeness (QED) is 0.450. The fourth-order valence-corrected chi connectivity index (χ4v) is 3.25. The van der Waals surface area contributed by atoms with Crippen LogP contribution in [0.4, 0.5) is 24.7 Å². The number of nitrogens with one attached hydrogen (secondary N) is 2. The van der Waals surface area contributed by atoms with Crippen LogP contribution in [0.5, 0.6) is 0 Å². The number of pyridine rings is 2. The smallest absolute Gasteiger partial charge is 0.339 e. The van der Waals surface area contributed by atoms with E-state index in [0.717, 1.165) is 11.8 Å². The van der Waals surface area contributed by atoms with Gasteiger partial charge in [0.1, 0.15) is 17.2 Å². The molecule has 10 heteroatoms. The predicted molar refractivity (Wildman–Crippen MR) is 105 cm³/mol. The molecule has 30 heavy (non-hydrogen) atoms. The van der Waals surface area contributed by atoms with Crippen LogP contribution in [0.2, 0.25) is 0 Å². The van der Waals surface area contributed by atoms with Gasteiger partial charge in [0.25, 0.3) is 0 Å². The van der Waals surface area contributed by atoms with E-state index in [1.807, 2.05) is 25.1 Å². The number of aryl methyl sites for hydroxylation is 1. The van der Waals surface area contributed by atoms with E-state index in [1.165, 1.54) is 6.20 Å². The van der Waals surface area contributed by atoms with Gasteiger partial charge in [0.15, 0.2) is 5.65 Å². The van der Waals surface area contributed by atoms with Crippen LogP contribution in [-0.4, -0.2) is 29.5 Å². The van der Waals surface area contributed by atoms with Crippen molar-refractivity contribution in [2.75, 3.05) is 5.32 Å². The van der Waals surface area contributed by atoms with Crippen LogP contribution in [0.15, 0.2) is 54.9 Å². The van der Waals surface area contributed by atoms with Crippen LogP contribution in [-0.2, 0) is 6.18 Å². The van der Waals surface area contributed by atoms with Gasteiger partial charge in [-0.1, -0.05) is 6.07 Å². The number of rotatable bonds is 3. The second-order valence-corrected chi connectivity index (χ2v) is 6.72. The molecule has 0 spiro atoms. The fraction of sp³-hybridized carbons (Fsp3) is 0.100. The maximum absolute atomic E-state index is 13.1. The summed E-state index contributed by atoms with van der Waals surface area (Å²) in [6, 6.07) is 11.8. The van der Waals surface area contributed by atoms with Gasteiger partial charge in [-0.15, -0.1) is 0 Å². The summed E-state index contributed by atoms with van der Waals surface area (Å²) < 4.78 is 40.9. The van der Waals surface area contributed by atoms with Gasteiger partial charge in [-0.25, -0.2) is 9.97 Å². The van der Waals surface area contributed by atoms with Gasteiger partial charge >= 0.3 is 6.18 Å². The third-order valence-corrected chi connectivity index (χ3v) is 4.61. The number of fused-ring (bicyclic) bond motifs is 2. The SMILES string of the molecule is Cc1cccc(-c2cc(Nc3ccnc4[nH]c(C(F)(F)F)cc34)n3nccc3n2)n1. The maximum atomic E-state index is 13.1. The Balaban J connectivity index is 1.64. The molecule has 5 aromatic rings. The van der Waals surface area contributed by atoms with Crippen molar-refractivity contribution in [3.63, 3.8) is 0 Å². The summed E-state index contributed by atoms with van der Waals surface area (Å²) in [5, 5.41) is 7.75. The van der Waals surface area contributed by atoms with Crippen molar-refractivity contribution in [3.8, 4) is 11.4 Å². The van der Waals surface area contributed by atoms with Crippen LogP contribution in [0.25, 0.3) is 28.1 Å². The number of aromatic nitrogens is 6. The molecule has 0 fully saturated rings. The molecule has 0 saturated heterocycles. The highest BCUT2D eigenvalue weighted by Crippen LogP contribution is 2.34. The van der Waals surface area contributed by atoms with E-state index in [-0.39, 0.29) is 5.65 Å². The lowest BCUT2D eigenvalue weighted by Crippen LogP contribution is -2.04. The number of hydrogen-bond donors (Lipinski definition) is 2. The van der Waals surface area contributed by atoms with Gasteiger partial charge in [-0.2, -0.15) is 22.8 Å². The average molecular weight is 409 g/mol. The first kappa shape index (κ1) is 18.1. The molecule has 5 rings (SSSR count). The Morgan fingerprint density at radius 1 is 1.00 bits per heavy atom. The largest absolute Gasteiger partial charge is 0.431 e. The van der Waals surface area contributed by atoms with Crippen LogP contribution < -0.4 is 5.32 Å². The molecular formula is C20H14F3N7. The highest BCUT2D eigenvalue weighted by atomic mass is 19.4. The van der Waals surface area contributed by atoms with Crippen LogP contribution in [0.1, 0.15) is 11.4 Å². The summed E-state index contributed by atoms with van der Waals surface area (Å²) >= 11 is 0. The lowest BCUT2D eigenvalue weighted by Gasteiger charge is -2.11. The van der Waals surface area contributed by atoms with E-state index in [9.17, 15) is 13.2 Å². The van der Waals surface area contributed by atoms with Crippen LogP contribution >= 0.6 is 0 Å². The molecule has 0 radical (unpaired) electrons. The number of H-pyrrole nitrogens is 1. The molecule has 0 aliphatic carbocycles. The summed E-state index contributed by atoms with van der Waals surface area (Å²) in [6.07, 6.45) is -1.46. The number of alkyl halides is 3. The van der Waals surface area contributed by atoms with E-state index < -0.39 is 11.9 Å². The molecule has 0 amide bonds. The highest BCUT2D eigenvalue weighted by Gasteiger charge is 2.33. The molecule has 5 aromatic heterocycles. The molecule has 5 heterocycles. The minimum Gasteiger partial charge on any atom is -0.339 e. The molecule has 7 nitrogen and oxygen atoms in total. The van der Waals surface area contributed by atoms with Crippen molar-refractivity contribution in [2.24, 2.45) is 0 Å². The van der Waals surface area contributed by atoms with Gasteiger partial charge < -0.3 is 10.3 Å². The third-order valence-electron chi connectivity index (χ3n) is 4.61. The lowest BCUT2D eigenvalue weighted by atomic mass is 10.2. The van der Waals surface area contributed by atoms with Crippen molar-refractivity contribution < 1.29 is 13.2 Å². The molecule has 0 aromatic carbocycles. The molecule has 0 aliphatic rings. The van der Waals surface area contributed by atoms with Crippen molar-refractivity contribution in [1.82, 2.24) is 29.5 Å². The van der Waals surface area contributed by atoms with Gasteiger partial charge in [0.05, 0.1) is 23.3 Å². The molecule has 0 atom stereocenters. The fourth-order valence-electron chi connectivity index (χ4n) is 3.25. The van der Waals surface area contributed by atoms with Crippen molar-refractivity contribution in [2.45, 2.75) is 13.1 Å². The van der Waals surface area contributed by atoms with E-state index in [1.54, 1.807) is 28.9 Å². The summed E-state index contributed by atoms with van der Waals surface area (Å²) in [5.74, 6) is 0.533.